The van der Waals surface area contributed by atoms with Crippen LogP contribution in [0.15, 0.2) is 11.6 Å². The number of aliphatic hydroxyl groups excluding tert-OH is 2. The fraction of sp³-hybridized carbons (Fsp3) is 0.800. The minimum atomic E-state index is -1.61. The summed E-state index contributed by atoms with van der Waals surface area (Å²) < 4.78 is 35.3. The van der Waals surface area contributed by atoms with Crippen LogP contribution in [0.25, 0.3) is 0 Å². The molecule has 0 aromatic carbocycles. The summed E-state index contributed by atoms with van der Waals surface area (Å²) in [5.74, 6) is -2.78. The molecule has 1 radical (unpaired) electrons. The number of carbonyl (C=O) groups excluding carboxylic acids is 2. The summed E-state index contributed by atoms with van der Waals surface area (Å²) >= 11 is 0.819. The van der Waals surface area contributed by atoms with Gasteiger partial charge in [0.25, 0.3) is 0 Å². The summed E-state index contributed by atoms with van der Waals surface area (Å²) in [5.41, 5.74) is -0.567. The van der Waals surface area contributed by atoms with E-state index in [2.05, 4.69) is 0 Å². The van der Waals surface area contributed by atoms with Gasteiger partial charge in [0.1, 0.15) is 0 Å². The molecule has 0 amide bonds. The second-order valence-corrected chi connectivity index (χ2v) is 8.50. The first-order valence-electron chi connectivity index (χ1n) is 10.6. The molecular formula is C20H34BO9S. The Bertz CT molecular complexity index is 661. The molecule has 0 aliphatic carbocycles. The minimum absolute atomic E-state index is 0.0399. The molecular weight excluding hydrogens is 427 g/mol. The SMILES string of the molecule is [3H][B]SOCC(C)(C)[C@]1(OC)OC(C[C@@H](O)[C@@H](C)O)C/C(=C\C(=O)OC)[C@@H]1OC(=O)CC. The molecule has 1 fully saturated rings. The summed E-state index contributed by atoms with van der Waals surface area (Å²) in [5, 5.41) is 20.0. The van der Waals surface area contributed by atoms with E-state index in [-0.39, 0.29) is 25.9 Å². The summed E-state index contributed by atoms with van der Waals surface area (Å²) in [6.45, 7) is 6.69. The van der Waals surface area contributed by atoms with Crippen molar-refractivity contribution in [3.05, 3.63) is 11.6 Å². The molecule has 1 unspecified atom stereocenters. The van der Waals surface area contributed by atoms with Crippen molar-refractivity contribution in [2.45, 2.75) is 77.2 Å². The van der Waals surface area contributed by atoms with Crippen LogP contribution < -0.4 is 0 Å². The molecule has 1 heterocycles. The fourth-order valence-corrected chi connectivity index (χ4v) is 3.87. The molecule has 1 aliphatic rings. The molecule has 0 aromatic heterocycles. The van der Waals surface area contributed by atoms with Gasteiger partial charge in [-0.05, 0) is 20.3 Å². The van der Waals surface area contributed by atoms with Gasteiger partial charge in [-0.1, -0.05) is 32.7 Å². The minimum Gasteiger partial charge on any atom is -0.466 e. The predicted octanol–water partition coefficient (Wildman–Crippen LogP) is 1.18. The summed E-state index contributed by atoms with van der Waals surface area (Å²) in [4.78, 5) is 24.4. The molecule has 5 atom stereocenters. The lowest BCUT2D eigenvalue weighted by Gasteiger charge is -2.53. The van der Waals surface area contributed by atoms with Gasteiger partial charge < -0.3 is 33.3 Å². The number of rotatable bonds is 12. The number of methoxy groups -OCH3 is 2. The van der Waals surface area contributed by atoms with E-state index in [1.807, 2.05) is 0 Å². The number of hydrogen-bond donors (Lipinski definition) is 2. The average Bonchev–Trinajstić information content (AvgIpc) is 2.74. The maximum Gasteiger partial charge on any atom is 0.330 e. The quantitative estimate of drug-likeness (QED) is 0.144. The molecule has 0 bridgehead atoms. The van der Waals surface area contributed by atoms with E-state index >= 15 is 0 Å². The monoisotopic (exact) mass is 463 g/mol. The Balaban J connectivity index is 3.55. The Labute approximate surface area is 190 Å². The van der Waals surface area contributed by atoms with Crippen LogP contribution in [0, 0.1) is 5.41 Å². The largest absolute Gasteiger partial charge is 0.466 e. The number of esters is 2. The first-order chi connectivity index (χ1) is 15.0. The maximum absolute atomic E-state index is 12.3. The smallest absolute Gasteiger partial charge is 0.330 e. The molecule has 31 heavy (non-hydrogen) atoms. The van der Waals surface area contributed by atoms with Crippen LogP contribution in [-0.2, 0) is 32.7 Å². The Morgan fingerprint density at radius 2 is 2.13 bits per heavy atom. The molecule has 0 spiro atoms. The predicted molar refractivity (Wildman–Crippen MR) is 116 cm³/mol. The molecule has 9 nitrogen and oxygen atoms in total. The Kier molecular flexibility index (Phi) is 10.3. The fourth-order valence-electron chi connectivity index (χ4n) is 3.50. The maximum atomic E-state index is 12.3. The highest BCUT2D eigenvalue weighted by atomic mass is 32.2. The zero-order valence-electron chi connectivity index (χ0n) is 20.0. The van der Waals surface area contributed by atoms with E-state index < -0.39 is 47.6 Å². The second kappa shape index (κ2) is 12.2. The van der Waals surface area contributed by atoms with Crippen molar-refractivity contribution in [2.24, 2.45) is 5.41 Å². The van der Waals surface area contributed by atoms with Crippen molar-refractivity contribution in [1.82, 2.24) is 0 Å². The molecule has 2 N–H and O–H groups in total. The van der Waals surface area contributed by atoms with Gasteiger partial charge in [-0.25, -0.2) is 4.79 Å². The van der Waals surface area contributed by atoms with E-state index in [1.165, 1.54) is 27.2 Å². The van der Waals surface area contributed by atoms with Gasteiger partial charge in [0.2, 0.25) is 12.9 Å². The average molecular weight is 463 g/mol. The Morgan fingerprint density at radius 1 is 1.45 bits per heavy atom. The van der Waals surface area contributed by atoms with Gasteiger partial charge in [0.05, 0.1) is 32.0 Å². The summed E-state index contributed by atoms with van der Waals surface area (Å²) in [6, 6.07) is 0. The van der Waals surface area contributed by atoms with E-state index in [4.69, 9.17) is 24.5 Å². The lowest BCUT2D eigenvalue weighted by atomic mass is 9.74. The van der Waals surface area contributed by atoms with Crippen molar-refractivity contribution >= 4 is 30.9 Å². The zero-order valence-corrected chi connectivity index (χ0v) is 19.8. The van der Waals surface area contributed by atoms with Crippen molar-refractivity contribution in [3.63, 3.8) is 0 Å². The Morgan fingerprint density at radius 3 is 2.65 bits per heavy atom. The summed E-state index contributed by atoms with van der Waals surface area (Å²) in [7, 11) is 3.65. The van der Waals surface area contributed by atoms with Crippen molar-refractivity contribution in [2.75, 3.05) is 20.8 Å². The highest BCUT2D eigenvalue weighted by Gasteiger charge is 2.60. The lowest BCUT2D eigenvalue weighted by Crippen LogP contribution is -2.64. The molecule has 1 rings (SSSR count). The van der Waals surface area contributed by atoms with E-state index in [0.29, 0.717) is 5.57 Å². The molecule has 1 aliphatic heterocycles. The first kappa shape index (κ1) is 26.1. The van der Waals surface area contributed by atoms with Gasteiger partial charge in [-0.2, -0.15) is 0 Å². The van der Waals surface area contributed by atoms with Crippen LogP contribution in [0.2, 0.25) is 0 Å². The Hall–Kier alpha value is -1.11. The van der Waals surface area contributed by atoms with Crippen LogP contribution in [0.3, 0.4) is 0 Å². The normalized spacial score (nSPS) is 27.9. The van der Waals surface area contributed by atoms with Crippen LogP contribution in [0.5, 0.6) is 0 Å². The van der Waals surface area contributed by atoms with Gasteiger partial charge >= 0.3 is 11.9 Å². The number of carbonyl (C=O) groups is 2. The van der Waals surface area contributed by atoms with Crippen LogP contribution >= 0.6 is 11.9 Å². The van der Waals surface area contributed by atoms with Gasteiger partial charge in [-0.3, -0.25) is 4.79 Å². The van der Waals surface area contributed by atoms with Crippen molar-refractivity contribution in [1.29, 1.82) is 1.34 Å². The molecule has 0 saturated carbocycles. The number of aliphatic hydroxyl groups is 2. The lowest BCUT2D eigenvalue weighted by molar-refractivity contribution is -0.350. The van der Waals surface area contributed by atoms with E-state index in [0.717, 1.165) is 19.0 Å². The van der Waals surface area contributed by atoms with Gasteiger partial charge in [0.15, 0.2) is 6.10 Å². The third kappa shape index (κ3) is 6.94. The topological polar surface area (TPSA) is 121 Å². The standard InChI is InChI=1S/C20H34BO9S/c1-7-16(24)29-18-13(9-17(25)26-5)8-14(10-15(23)12(2)22)30-20(18,27-6)19(3,4)11-28-31-21/h9,12,14-15,18,21-23H,7-8,10-11H2,1-6H3/b13-9+/t12-,14?,15-,18+,20-/m1/s1/i21T. The second-order valence-electron chi connectivity index (χ2n) is 8.07. The number of ether oxygens (including phenoxy) is 4. The molecule has 1 saturated heterocycles. The first-order valence-corrected chi connectivity index (χ1v) is 10.8. The van der Waals surface area contributed by atoms with Crippen molar-refractivity contribution in [3.8, 4) is 0 Å². The van der Waals surface area contributed by atoms with Crippen molar-refractivity contribution < 1.29 is 42.9 Å². The summed E-state index contributed by atoms with van der Waals surface area (Å²) in [6.07, 6.45) is -2.37. The van der Waals surface area contributed by atoms with Crippen LogP contribution in [0.4, 0.5) is 0 Å². The van der Waals surface area contributed by atoms with E-state index in [9.17, 15) is 19.8 Å². The third-order valence-corrected chi connectivity index (χ3v) is 5.58. The molecule has 0 aromatic rings. The highest BCUT2D eigenvalue weighted by Crippen LogP contribution is 2.48. The van der Waals surface area contributed by atoms with E-state index in [1.54, 1.807) is 20.8 Å². The van der Waals surface area contributed by atoms with Crippen LogP contribution in [-0.4, -0.2) is 81.6 Å². The molecule has 11 heteroatoms. The van der Waals surface area contributed by atoms with Gasteiger partial charge in [-0.15, -0.1) is 0 Å². The third-order valence-electron chi connectivity index (χ3n) is 5.33. The van der Waals surface area contributed by atoms with Gasteiger partial charge in [0, 0.05) is 31.4 Å². The number of hydrogen-bond acceptors (Lipinski definition) is 10. The molecule has 177 valence electrons. The highest BCUT2D eigenvalue weighted by molar-refractivity contribution is 8.15. The van der Waals surface area contributed by atoms with Crippen LogP contribution in [0.1, 0.15) is 47.0 Å². The zero-order chi connectivity index (χ0) is 24.5.